The predicted molar refractivity (Wildman–Crippen MR) is 68.2 cm³/mol. The van der Waals surface area contributed by atoms with E-state index in [1.165, 1.54) is 11.3 Å². The van der Waals surface area contributed by atoms with Crippen LogP contribution < -0.4 is 5.32 Å². The first-order valence-electron chi connectivity index (χ1n) is 5.64. The van der Waals surface area contributed by atoms with E-state index in [4.69, 9.17) is 11.6 Å². The van der Waals surface area contributed by atoms with Gasteiger partial charge in [0.25, 0.3) is 5.91 Å². The van der Waals surface area contributed by atoms with Crippen molar-refractivity contribution in [3.05, 3.63) is 21.3 Å². The molecule has 1 aliphatic rings. The second-order valence-corrected chi connectivity index (χ2v) is 5.63. The topological polar surface area (TPSA) is 52.9 Å². The average molecular weight is 269 g/mol. The van der Waals surface area contributed by atoms with Crippen LogP contribution in [0.3, 0.4) is 0 Å². The predicted octanol–water partition coefficient (Wildman–Crippen LogP) is 3.36. The maximum atomic E-state index is 12.0. The molecule has 1 heterocycles. The van der Waals surface area contributed by atoms with Crippen molar-refractivity contribution in [3.8, 4) is 6.07 Å². The highest BCUT2D eigenvalue weighted by atomic mass is 35.5. The number of carbonyl (C=O) groups is 1. The molecule has 1 fully saturated rings. The molecule has 0 atom stereocenters. The number of thiophene rings is 1. The molecule has 0 aromatic carbocycles. The third-order valence-electron chi connectivity index (χ3n) is 3.10. The number of nitrogens with one attached hydrogen (secondary N) is 1. The lowest BCUT2D eigenvalue weighted by Gasteiger charge is -2.31. The van der Waals surface area contributed by atoms with E-state index in [0.717, 1.165) is 32.1 Å². The number of nitriles is 1. The van der Waals surface area contributed by atoms with Crippen molar-refractivity contribution in [1.82, 2.24) is 5.32 Å². The van der Waals surface area contributed by atoms with Gasteiger partial charge in [-0.3, -0.25) is 4.79 Å². The summed E-state index contributed by atoms with van der Waals surface area (Å²) in [7, 11) is 0. The summed E-state index contributed by atoms with van der Waals surface area (Å²) in [5.74, 6) is -0.228. The average Bonchev–Trinajstić information content (AvgIpc) is 2.77. The molecule has 2 rings (SSSR count). The molecular formula is C12H13ClN2OS. The van der Waals surface area contributed by atoms with Crippen molar-refractivity contribution in [2.45, 2.75) is 37.6 Å². The van der Waals surface area contributed by atoms with Gasteiger partial charge in [-0.25, -0.2) is 0 Å². The van der Waals surface area contributed by atoms with Gasteiger partial charge in [0.15, 0.2) is 0 Å². The number of halogens is 1. The standard InChI is InChI=1S/C12H13ClN2OS/c13-9-4-7-17-10(9)11(16)15-12(8-14)5-2-1-3-6-12/h4,7H,1-3,5-6H2,(H,15,16). The molecule has 1 aromatic heterocycles. The molecule has 0 spiro atoms. The molecular weight excluding hydrogens is 256 g/mol. The van der Waals surface area contributed by atoms with E-state index in [0.29, 0.717) is 9.90 Å². The lowest BCUT2D eigenvalue weighted by atomic mass is 9.83. The minimum absolute atomic E-state index is 0.228. The normalized spacial score (nSPS) is 18.4. The fraction of sp³-hybridized carbons (Fsp3) is 0.500. The van der Waals surface area contributed by atoms with Gasteiger partial charge in [0.2, 0.25) is 0 Å². The van der Waals surface area contributed by atoms with Crippen LogP contribution in [-0.4, -0.2) is 11.4 Å². The number of nitrogens with zero attached hydrogens (tertiary/aromatic N) is 1. The van der Waals surface area contributed by atoms with Crippen LogP contribution >= 0.6 is 22.9 Å². The van der Waals surface area contributed by atoms with Gasteiger partial charge in [-0.2, -0.15) is 5.26 Å². The largest absolute Gasteiger partial charge is 0.333 e. The fourth-order valence-corrected chi connectivity index (χ4v) is 3.19. The first-order valence-corrected chi connectivity index (χ1v) is 6.89. The molecule has 1 amide bonds. The molecule has 17 heavy (non-hydrogen) atoms. The van der Waals surface area contributed by atoms with Gasteiger partial charge in [0.1, 0.15) is 10.4 Å². The Kier molecular flexibility index (Phi) is 3.70. The lowest BCUT2D eigenvalue weighted by molar-refractivity contribution is 0.0907. The summed E-state index contributed by atoms with van der Waals surface area (Å²) in [6.07, 6.45) is 4.59. The molecule has 1 aliphatic carbocycles. The van der Waals surface area contributed by atoms with Crippen molar-refractivity contribution >= 4 is 28.8 Å². The second kappa shape index (κ2) is 5.07. The number of carbonyl (C=O) groups excluding carboxylic acids is 1. The van der Waals surface area contributed by atoms with Crippen LogP contribution in [0.2, 0.25) is 5.02 Å². The summed E-state index contributed by atoms with van der Waals surface area (Å²) in [5, 5.41) is 14.3. The monoisotopic (exact) mass is 268 g/mol. The Morgan fingerprint density at radius 1 is 1.47 bits per heavy atom. The van der Waals surface area contributed by atoms with Crippen molar-refractivity contribution in [2.75, 3.05) is 0 Å². The van der Waals surface area contributed by atoms with E-state index in [1.54, 1.807) is 11.4 Å². The van der Waals surface area contributed by atoms with Crippen LogP contribution in [0.1, 0.15) is 41.8 Å². The van der Waals surface area contributed by atoms with Gasteiger partial charge in [-0.05, 0) is 24.3 Å². The van der Waals surface area contributed by atoms with Crippen LogP contribution in [0.4, 0.5) is 0 Å². The van der Waals surface area contributed by atoms with Crippen LogP contribution in [-0.2, 0) is 0 Å². The Hall–Kier alpha value is -1.05. The van der Waals surface area contributed by atoms with Crippen LogP contribution in [0.25, 0.3) is 0 Å². The number of amides is 1. The van der Waals surface area contributed by atoms with Crippen LogP contribution in [0, 0.1) is 11.3 Å². The van der Waals surface area contributed by atoms with Crippen molar-refractivity contribution in [3.63, 3.8) is 0 Å². The first kappa shape index (κ1) is 12.4. The summed E-state index contributed by atoms with van der Waals surface area (Å²) in [6, 6.07) is 3.95. The smallest absolute Gasteiger partial charge is 0.264 e. The zero-order chi connectivity index (χ0) is 12.3. The summed E-state index contributed by atoms with van der Waals surface area (Å²) < 4.78 is 0. The molecule has 1 saturated carbocycles. The molecule has 0 bridgehead atoms. The Morgan fingerprint density at radius 2 is 2.18 bits per heavy atom. The molecule has 0 unspecified atom stereocenters. The summed E-state index contributed by atoms with van der Waals surface area (Å²) in [4.78, 5) is 12.5. The summed E-state index contributed by atoms with van der Waals surface area (Å²) in [6.45, 7) is 0. The van der Waals surface area contributed by atoms with Gasteiger partial charge in [0.05, 0.1) is 11.1 Å². The maximum Gasteiger partial charge on any atom is 0.264 e. The molecule has 1 aromatic rings. The van der Waals surface area contributed by atoms with Gasteiger partial charge in [-0.1, -0.05) is 30.9 Å². The summed E-state index contributed by atoms with van der Waals surface area (Å²) in [5.41, 5.74) is -0.692. The molecule has 0 aliphatic heterocycles. The Morgan fingerprint density at radius 3 is 2.71 bits per heavy atom. The molecule has 0 saturated heterocycles. The van der Waals surface area contributed by atoms with Gasteiger partial charge in [-0.15, -0.1) is 11.3 Å². The molecule has 3 nitrogen and oxygen atoms in total. The third kappa shape index (κ3) is 2.62. The zero-order valence-corrected chi connectivity index (χ0v) is 10.9. The van der Waals surface area contributed by atoms with Crippen LogP contribution in [0.5, 0.6) is 0 Å². The highest BCUT2D eigenvalue weighted by molar-refractivity contribution is 7.12. The maximum absolute atomic E-state index is 12.0. The van der Waals surface area contributed by atoms with E-state index in [1.807, 2.05) is 0 Å². The van der Waals surface area contributed by atoms with E-state index >= 15 is 0 Å². The highest BCUT2D eigenvalue weighted by Gasteiger charge is 2.34. The minimum atomic E-state index is -0.692. The van der Waals surface area contributed by atoms with Crippen LogP contribution in [0.15, 0.2) is 11.4 Å². The molecule has 5 heteroatoms. The summed E-state index contributed by atoms with van der Waals surface area (Å²) >= 11 is 7.21. The first-order chi connectivity index (χ1) is 8.17. The number of hydrogen-bond donors (Lipinski definition) is 1. The number of hydrogen-bond acceptors (Lipinski definition) is 3. The van der Waals surface area contributed by atoms with Gasteiger partial charge in [0, 0.05) is 0 Å². The van der Waals surface area contributed by atoms with E-state index in [-0.39, 0.29) is 5.91 Å². The van der Waals surface area contributed by atoms with Gasteiger partial charge < -0.3 is 5.32 Å². The van der Waals surface area contributed by atoms with Crippen molar-refractivity contribution in [1.29, 1.82) is 5.26 Å². The fourth-order valence-electron chi connectivity index (χ4n) is 2.15. The third-order valence-corrected chi connectivity index (χ3v) is 4.44. The molecule has 0 radical (unpaired) electrons. The van der Waals surface area contributed by atoms with Crippen molar-refractivity contribution in [2.24, 2.45) is 0 Å². The quantitative estimate of drug-likeness (QED) is 0.894. The second-order valence-electron chi connectivity index (χ2n) is 4.31. The Labute approximate surface area is 109 Å². The highest BCUT2D eigenvalue weighted by Crippen LogP contribution is 2.29. The SMILES string of the molecule is N#CC1(NC(=O)c2sccc2Cl)CCCCC1. The van der Waals surface area contributed by atoms with Gasteiger partial charge >= 0.3 is 0 Å². The molecule has 90 valence electrons. The van der Waals surface area contributed by atoms with E-state index in [9.17, 15) is 10.1 Å². The minimum Gasteiger partial charge on any atom is -0.333 e. The Bertz CT molecular complexity index is 457. The molecule has 1 N–H and O–H groups in total. The lowest BCUT2D eigenvalue weighted by Crippen LogP contribution is -2.48. The zero-order valence-electron chi connectivity index (χ0n) is 9.33. The number of rotatable bonds is 2. The van der Waals surface area contributed by atoms with Crippen molar-refractivity contribution < 1.29 is 4.79 Å². The Balaban J connectivity index is 2.12. The van der Waals surface area contributed by atoms with E-state index < -0.39 is 5.54 Å². The van der Waals surface area contributed by atoms with E-state index in [2.05, 4.69) is 11.4 Å².